The molecule has 1 aromatic carbocycles. The predicted molar refractivity (Wildman–Crippen MR) is 74.3 cm³/mol. The van der Waals surface area contributed by atoms with Crippen molar-refractivity contribution in [3.8, 4) is 0 Å². The fourth-order valence-electron chi connectivity index (χ4n) is 1.93. The standard InChI is InChI=1S/C13H16FN3O3S/c1-9-11(7-17(2)16-9)6-15-21(19,20)13-4-3-10(8-18)5-12(13)14/h3-5,7,15,18H,6,8H2,1-2H3. The molecule has 0 aliphatic heterocycles. The van der Waals surface area contributed by atoms with Crippen molar-refractivity contribution in [2.75, 3.05) is 0 Å². The van der Waals surface area contributed by atoms with Crippen LogP contribution in [0, 0.1) is 12.7 Å². The topological polar surface area (TPSA) is 84.2 Å². The van der Waals surface area contributed by atoms with E-state index in [4.69, 9.17) is 5.11 Å². The second-order valence-corrected chi connectivity index (χ2v) is 6.40. The molecule has 0 amide bonds. The van der Waals surface area contributed by atoms with Crippen LogP contribution in [-0.2, 0) is 30.2 Å². The minimum Gasteiger partial charge on any atom is -0.392 e. The molecule has 2 N–H and O–H groups in total. The summed E-state index contributed by atoms with van der Waals surface area (Å²) in [6.45, 7) is 1.45. The van der Waals surface area contributed by atoms with Gasteiger partial charge in [-0.2, -0.15) is 5.10 Å². The molecule has 0 bridgehead atoms. The molecule has 0 saturated heterocycles. The summed E-state index contributed by atoms with van der Waals surface area (Å²) in [7, 11) is -2.23. The van der Waals surface area contributed by atoms with Gasteiger partial charge in [-0.25, -0.2) is 17.5 Å². The van der Waals surface area contributed by atoms with Crippen LogP contribution in [0.5, 0.6) is 0 Å². The number of hydrogen-bond donors (Lipinski definition) is 2. The molecule has 0 aliphatic carbocycles. The Kier molecular flexibility index (Phi) is 4.40. The molecule has 0 fully saturated rings. The van der Waals surface area contributed by atoms with Crippen molar-refractivity contribution >= 4 is 10.0 Å². The number of hydrogen-bond acceptors (Lipinski definition) is 4. The Labute approximate surface area is 122 Å². The molecule has 1 aromatic heterocycles. The van der Waals surface area contributed by atoms with Crippen LogP contribution in [0.1, 0.15) is 16.8 Å². The predicted octanol–water partition coefficient (Wildman–Crippen LogP) is 0.838. The van der Waals surface area contributed by atoms with E-state index in [2.05, 4.69) is 9.82 Å². The smallest absolute Gasteiger partial charge is 0.243 e. The van der Waals surface area contributed by atoms with Gasteiger partial charge in [0.2, 0.25) is 10.0 Å². The van der Waals surface area contributed by atoms with Gasteiger partial charge < -0.3 is 5.11 Å². The van der Waals surface area contributed by atoms with Crippen molar-refractivity contribution in [2.24, 2.45) is 7.05 Å². The number of benzene rings is 1. The lowest BCUT2D eigenvalue weighted by Gasteiger charge is -2.08. The van der Waals surface area contributed by atoms with Gasteiger partial charge >= 0.3 is 0 Å². The summed E-state index contributed by atoms with van der Waals surface area (Å²) in [4.78, 5) is -0.443. The summed E-state index contributed by atoms with van der Waals surface area (Å²) in [5.41, 5.74) is 1.74. The lowest BCUT2D eigenvalue weighted by molar-refractivity contribution is 0.281. The van der Waals surface area contributed by atoms with Crippen LogP contribution in [0.25, 0.3) is 0 Å². The SMILES string of the molecule is Cc1nn(C)cc1CNS(=O)(=O)c1ccc(CO)cc1F. The molecular weight excluding hydrogens is 297 g/mol. The third kappa shape index (κ3) is 3.46. The van der Waals surface area contributed by atoms with E-state index in [1.165, 1.54) is 6.07 Å². The lowest BCUT2D eigenvalue weighted by atomic mass is 10.2. The summed E-state index contributed by atoms with van der Waals surface area (Å²) in [6, 6.07) is 3.51. The van der Waals surface area contributed by atoms with Crippen molar-refractivity contribution < 1.29 is 17.9 Å². The number of aliphatic hydroxyl groups is 1. The van der Waals surface area contributed by atoms with Crippen LogP contribution in [0.2, 0.25) is 0 Å². The number of sulfonamides is 1. The number of aliphatic hydroxyl groups excluding tert-OH is 1. The maximum Gasteiger partial charge on any atom is 0.243 e. The van der Waals surface area contributed by atoms with Gasteiger partial charge in [-0.05, 0) is 24.6 Å². The molecule has 0 atom stereocenters. The third-order valence-electron chi connectivity index (χ3n) is 3.04. The van der Waals surface area contributed by atoms with E-state index in [1.807, 2.05) is 0 Å². The summed E-state index contributed by atoms with van der Waals surface area (Å²) in [5.74, 6) is -0.892. The molecule has 6 nitrogen and oxygen atoms in total. The highest BCUT2D eigenvalue weighted by Crippen LogP contribution is 2.17. The molecule has 0 saturated carbocycles. The van der Waals surface area contributed by atoms with Crippen LogP contribution in [0.4, 0.5) is 4.39 Å². The minimum atomic E-state index is -3.97. The maximum absolute atomic E-state index is 13.8. The highest BCUT2D eigenvalue weighted by molar-refractivity contribution is 7.89. The van der Waals surface area contributed by atoms with Gasteiger partial charge in [0.05, 0.1) is 12.3 Å². The van der Waals surface area contributed by atoms with Gasteiger partial charge in [-0.15, -0.1) is 0 Å². The Morgan fingerprint density at radius 3 is 2.67 bits per heavy atom. The van der Waals surface area contributed by atoms with E-state index < -0.39 is 20.7 Å². The second-order valence-electron chi connectivity index (χ2n) is 4.66. The molecule has 2 rings (SSSR count). The quantitative estimate of drug-likeness (QED) is 0.856. The van der Waals surface area contributed by atoms with Crippen molar-refractivity contribution in [1.82, 2.24) is 14.5 Å². The average Bonchev–Trinajstić information content (AvgIpc) is 2.74. The first kappa shape index (κ1) is 15.6. The fourth-order valence-corrected chi connectivity index (χ4v) is 3.00. The fraction of sp³-hybridized carbons (Fsp3) is 0.308. The first-order valence-electron chi connectivity index (χ1n) is 6.21. The molecule has 1 heterocycles. The average molecular weight is 313 g/mol. The number of aromatic nitrogens is 2. The Hall–Kier alpha value is -1.77. The highest BCUT2D eigenvalue weighted by Gasteiger charge is 2.19. The number of nitrogens with one attached hydrogen (secondary N) is 1. The number of aryl methyl sites for hydroxylation is 2. The van der Waals surface area contributed by atoms with Crippen molar-refractivity contribution in [2.45, 2.75) is 25.0 Å². The van der Waals surface area contributed by atoms with Crippen LogP contribution < -0.4 is 4.72 Å². The monoisotopic (exact) mass is 313 g/mol. The van der Waals surface area contributed by atoms with Gasteiger partial charge in [-0.3, -0.25) is 4.68 Å². The van der Waals surface area contributed by atoms with E-state index in [1.54, 1.807) is 24.9 Å². The van der Waals surface area contributed by atoms with Gasteiger partial charge in [0.25, 0.3) is 0 Å². The maximum atomic E-state index is 13.8. The molecule has 2 aromatic rings. The molecule has 0 spiro atoms. The third-order valence-corrected chi connectivity index (χ3v) is 4.47. The van der Waals surface area contributed by atoms with Gasteiger partial charge in [-0.1, -0.05) is 6.07 Å². The van der Waals surface area contributed by atoms with E-state index in [0.29, 0.717) is 16.8 Å². The minimum absolute atomic E-state index is 0.0310. The van der Waals surface area contributed by atoms with Crippen LogP contribution in [0.3, 0.4) is 0 Å². The first-order chi connectivity index (χ1) is 9.83. The Morgan fingerprint density at radius 2 is 2.14 bits per heavy atom. The zero-order valence-corrected chi connectivity index (χ0v) is 12.5. The van der Waals surface area contributed by atoms with Crippen molar-refractivity contribution in [3.05, 3.63) is 47.0 Å². The highest BCUT2D eigenvalue weighted by atomic mass is 32.2. The molecule has 8 heteroatoms. The van der Waals surface area contributed by atoms with E-state index in [-0.39, 0.29) is 13.2 Å². The van der Waals surface area contributed by atoms with Gasteiger partial charge in [0.1, 0.15) is 10.7 Å². The second kappa shape index (κ2) is 5.92. The summed E-state index contributed by atoms with van der Waals surface area (Å²) >= 11 is 0. The Morgan fingerprint density at radius 1 is 1.43 bits per heavy atom. The normalized spacial score (nSPS) is 11.8. The van der Waals surface area contributed by atoms with Gasteiger partial charge in [0, 0.05) is 25.4 Å². The van der Waals surface area contributed by atoms with Crippen LogP contribution >= 0.6 is 0 Å². The zero-order valence-electron chi connectivity index (χ0n) is 11.7. The molecule has 0 unspecified atom stereocenters. The summed E-state index contributed by atoms with van der Waals surface area (Å²) in [5, 5.41) is 13.0. The summed E-state index contributed by atoms with van der Waals surface area (Å²) in [6.07, 6.45) is 1.70. The van der Waals surface area contributed by atoms with E-state index in [9.17, 15) is 12.8 Å². The summed E-state index contributed by atoms with van der Waals surface area (Å²) < 4.78 is 41.9. The molecule has 0 radical (unpaired) electrons. The lowest BCUT2D eigenvalue weighted by Crippen LogP contribution is -2.24. The number of nitrogens with zero attached hydrogens (tertiary/aromatic N) is 2. The zero-order chi connectivity index (χ0) is 15.6. The molecular formula is C13H16FN3O3S. The molecule has 0 aliphatic rings. The van der Waals surface area contributed by atoms with Gasteiger partial charge in [0.15, 0.2) is 0 Å². The first-order valence-corrected chi connectivity index (χ1v) is 7.70. The van der Waals surface area contributed by atoms with Crippen LogP contribution in [0.15, 0.2) is 29.3 Å². The van der Waals surface area contributed by atoms with Crippen molar-refractivity contribution in [3.63, 3.8) is 0 Å². The van der Waals surface area contributed by atoms with Crippen LogP contribution in [-0.4, -0.2) is 23.3 Å². The Bertz CT molecular complexity index is 756. The molecule has 21 heavy (non-hydrogen) atoms. The van der Waals surface area contributed by atoms with Crippen molar-refractivity contribution in [1.29, 1.82) is 0 Å². The number of rotatable bonds is 5. The van der Waals surface area contributed by atoms with E-state index in [0.717, 1.165) is 12.1 Å². The Balaban J connectivity index is 2.20. The number of halogens is 1. The largest absolute Gasteiger partial charge is 0.392 e. The molecule has 114 valence electrons. The van der Waals surface area contributed by atoms with E-state index >= 15 is 0 Å².